The summed E-state index contributed by atoms with van der Waals surface area (Å²) in [7, 11) is 0. The number of hydrogen-bond donors (Lipinski definition) is 1. The fourth-order valence-corrected chi connectivity index (χ4v) is 4.50. The van der Waals surface area contributed by atoms with E-state index in [-0.39, 0.29) is 21.9 Å². The highest BCUT2D eigenvalue weighted by atomic mass is 35.5. The average molecular weight is 621 g/mol. The second-order valence-electron chi connectivity index (χ2n) is 9.37. The fraction of sp³-hybridized carbons (Fsp3) is 0.379. The first-order valence-corrected chi connectivity index (χ1v) is 13.3. The molecule has 1 aliphatic rings. The number of carbonyl (C=O) groups excluding carboxylic acids is 6. The van der Waals surface area contributed by atoms with Crippen LogP contribution in [0.4, 0.5) is 0 Å². The number of hydrogen-bond acceptors (Lipinski definition) is 13. The molecule has 0 spiro atoms. The van der Waals surface area contributed by atoms with E-state index in [0.29, 0.717) is 0 Å². The van der Waals surface area contributed by atoms with Crippen LogP contribution in [0.25, 0.3) is 0 Å². The second kappa shape index (κ2) is 14.6. The van der Waals surface area contributed by atoms with E-state index in [0.717, 1.165) is 33.8 Å². The average Bonchev–Trinajstić information content (AvgIpc) is 2.90. The molecule has 0 unspecified atom stereocenters. The van der Waals surface area contributed by atoms with Crippen molar-refractivity contribution in [2.45, 2.75) is 64.8 Å². The lowest BCUT2D eigenvalue weighted by Crippen LogP contribution is -2.63. The first-order valence-electron chi connectivity index (χ1n) is 12.9. The second-order valence-corrected chi connectivity index (χ2v) is 9.77. The van der Waals surface area contributed by atoms with Crippen LogP contribution in [0.2, 0.25) is 5.02 Å². The van der Waals surface area contributed by atoms with Crippen LogP contribution in [0.1, 0.15) is 54.8 Å². The number of ether oxygens (including phenoxy) is 6. The van der Waals surface area contributed by atoms with Gasteiger partial charge in [-0.25, -0.2) is 0 Å². The van der Waals surface area contributed by atoms with Crippen LogP contribution in [-0.2, 0) is 42.9 Å². The van der Waals surface area contributed by atoms with E-state index in [1.54, 1.807) is 12.1 Å². The largest absolute Gasteiger partial charge is 0.507 e. The highest BCUT2D eigenvalue weighted by molar-refractivity contribution is 6.34. The Morgan fingerprint density at radius 2 is 1.35 bits per heavy atom. The van der Waals surface area contributed by atoms with Gasteiger partial charge in [-0.1, -0.05) is 23.7 Å². The van der Waals surface area contributed by atoms with Crippen molar-refractivity contribution in [1.29, 1.82) is 0 Å². The molecule has 1 heterocycles. The minimum Gasteiger partial charge on any atom is -0.507 e. The van der Waals surface area contributed by atoms with Crippen molar-refractivity contribution in [2.75, 3.05) is 6.61 Å². The van der Waals surface area contributed by atoms with Gasteiger partial charge in [0.05, 0.1) is 17.0 Å². The minimum atomic E-state index is -1.55. The van der Waals surface area contributed by atoms with Gasteiger partial charge in [0.1, 0.15) is 24.2 Å². The van der Waals surface area contributed by atoms with Crippen LogP contribution in [0.15, 0.2) is 42.5 Å². The summed E-state index contributed by atoms with van der Waals surface area (Å²) in [4.78, 5) is 72.7. The summed E-state index contributed by atoms with van der Waals surface area (Å²) in [6.45, 7) is 3.91. The molecular weight excluding hydrogens is 592 g/mol. The third kappa shape index (κ3) is 9.00. The lowest BCUT2D eigenvalue weighted by atomic mass is 9.98. The first kappa shape index (κ1) is 33.0. The number of phenolic OH excluding ortho intramolecular Hbond substituents is 1. The van der Waals surface area contributed by atoms with Gasteiger partial charge in [0, 0.05) is 39.3 Å². The van der Waals surface area contributed by atoms with E-state index in [2.05, 4.69) is 0 Å². The van der Waals surface area contributed by atoms with E-state index >= 15 is 0 Å². The van der Waals surface area contributed by atoms with Gasteiger partial charge >= 0.3 is 23.9 Å². The Morgan fingerprint density at radius 1 is 0.767 bits per heavy atom. The third-order valence-electron chi connectivity index (χ3n) is 5.97. The van der Waals surface area contributed by atoms with Gasteiger partial charge in [-0.2, -0.15) is 0 Å². The van der Waals surface area contributed by atoms with Crippen molar-refractivity contribution < 1.29 is 62.3 Å². The number of esters is 4. The van der Waals surface area contributed by atoms with Gasteiger partial charge in [-0.15, -0.1) is 0 Å². The van der Waals surface area contributed by atoms with Crippen LogP contribution >= 0.6 is 11.6 Å². The Hall–Kier alpha value is -4.49. The maximum absolute atomic E-state index is 12.8. The SMILES string of the molecule is CC(=O)OC[C@H]1O[C@@H](Oc2ccc(C(=O)CC(=O)c3ccccc3Cl)c(O)c2)[C@H](OC(C)=O)[C@@H](OC(C)=O)[C@@H]1OC(C)=O. The van der Waals surface area contributed by atoms with Gasteiger partial charge in [0.25, 0.3) is 0 Å². The molecule has 230 valence electrons. The third-order valence-corrected chi connectivity index (χ3v) is 6.30. The maximum Gasteiger partial charge on any atom is 0.303 e. The molecule has 13 nitrogen and oxygen atoms in total. The fourth-order valence-electron chi connectivity index (χ4n) is 4.26. The van der Waals surface area contributed by atoms with Crippen LogP contribution in [-0.4, -0.2) is 77.9 Å². The molecular formula is C29H29ClO13. The maximum atomic E-state index is 12.8. The van der Waals surface area contributed by atoms with Gasteiger partial charge in [-0.3, -0.25) is 28.8 Å². The molecule has 0 amide bonds. The number of carbonyl (C=O) groups is 6. The molecule has 1 N–H and O–H groups in total. The number of benzene rings is 2. The normalized spacial score (nSPS) is 21.2. The Morgan fingerprint density at radius 3 is 1.93 bits per heavy atom. The van der Waals surface area contributed by atoms with E-state index in [1.807, 2.05) is 0 Å². The van der Waals surface area contributed by atoms with Crippen molar-refractivity contribution in [3.05, 3.63) is 58.6 Å². The van der Waals surface area contributed by atoms with Crippen molar-refractivity contribution >= 4 is 47.0 Å². The van der Waals surface area contributed by atoms with Gasteiger partial charge in [0.2, 0.25) is 12.4 Å². The number of rotatable bonds is 11. The van der Waals surface area contributed by atoms with E-state index in [4.69, 9.17) is 40.0 Å². The first-order chi connectivity index (χ1) is 20.3. The van der Waals surface area contributed by atoms with Gasteiger partial charge in [-0.05, 0) is 24.3 Å². The van der Waals surface area contributed by atoms with Crippen molar-refractivity contribution in [2.24, 2.45) is 0 Å². The minimum absolute atomic E-state index is 0.0904. The predicted molar refractivity (Wildman–Crippen MR) is 145 cm³/mol. The monoisotopic (exact) mass is 620 g/mol. The molecule has 0 aliphatic carbocycles. The van der Waals surface area contributed by atoms with Gasteiger partial charge < -0.3 is 33.5 Å². The molecule has 1 fully saturated rings. The Kier molecular flexibility index (Phi) is 11.2. The molecule has 1 aliphatic heterocycles. The van der Waals surface area contributed by atoms with Gasteiger partial charge in [0.15, 0.2) is 23.8 Å². The number of phenols is 1. The lowest BCUT2D eigenvalue weighted by molar-refractivity contribution is -0.288. The number of aromatic hydroxyl groups is 1. The lowest BCUT2D eigenvalue weighted by Gasteiger charge is -2.43. The molecule has 0 saturated carbocycles. The van der Waals surface area contributed by atoms with Crippen LogP contribution in [0.3, 0.4) is 0 Å². The molecule has 1 saturated heterocycles. The summed E-state index contributed by atoms with van der Waals surface area (Å²) >= 11 is 6.04. The van der Waals surface area contributed by atoms with Crippen molar-refractivity contribution in [3.63, 3.8) is 0 Å². The number of ketones is 2. The smallest absolute Gasteiger partial charge is 0.303 e. The molecule has 0 bridgehead atoms. The zero-order chi connectivity index (χ0) is 31.8. The molecule has 0 aromatic heterocycles. The standard InChI is InChI=1S/C29H29ClO13/c1-14(31)38-13-25-26(39-15(2)32)27(40-16(3)33)28(41-17(4)34)29(43-25)42-18-9-10-20(22(35)11-18)24(37)12-23(36)19-7-5-6-8-21(19)30/h5-11,25-29,35H,12-13H2,1-4H3/t25-,26-,27+,28-,29-/m1/s1. The van der Waals surface area contributed by atoms with E-state index in [1.165, 1.54) is 24.3 Å². The summed E-state index contributed by atoms with van der Waals surface area (Å²) in [5.74, 6) is -5.00. The topological polar surface area (TPSA) is 178 Å². The molecule has 5 atom stereocenters. The molecule has 2 aromatic rings. The van der Waals surface area contributed by atoms with Crippen molar-refractivity contribution in [3.8, 4) is 11.5 Å². The summed E-state index contributed by atoms with van der Waals surface area (Å²) in [6, 6.07) is 9.76. The van der Waals surface area contributed by atoms with E-state index < -0.39 is 84.9 Å². The zero-order valence-corrected chi connectivity index (χ0v) is 24.3. The molecule has 3 rings (SSSR count). The molecule has 0 radical (unpaired) electrons. The van der Waals surface area contributed by atoms with E-state index in [9.17, 15) is 33.9 Å². The van der Waals surface area contributed by atoms with Crippen LogP contribution in [0, 0.1) is 0 Å². The molecule has 43 heavy (non-hydrogen) atoms. The zero-order valence-electron chi connectivity index (χ0n) is 23.6. The predicted octanol–water partition coefficient (Wildman–Crippen LogP) is 2.96. The van der Waals surface area contributed by atoms with Crippen LogP contribution < -0.4 is 4.74 Å². The summed E-state index contributed by atoms with van der Waals surface area (Å²) in [5, 5.41) is 10.8. The Bertz CT molecular complexity index is 1400. The highest BCUT2D eigenvalue weighted by Crippen LogP contribution is 2.33. The number of Topliss-reactive ketones (excluding diaryl/α,β-unsaturated/α-hetero) is 2. The van der Waals surface area contributed by atoms with Crippen LogP contribution in [0.5, 0.6) is 11.5 Å². The summed E-state index contributed by atoms with van der Waals surface area (Å²) in [5.41, 5.74) is -0.0325. The molecule has 2 aromatic carbocycles. The Labute approximate surface area is 250 Å². The quantitative estimate of drug-likeness (QED) is 0.168. The highest BCUT2D eigenvalue weighted by Gasteiger charge is 2.53. The summed E-state index contributed by atoms with van der Waals surface area (Å²) < 4.78 is 32.7. The van der Waals surface area contributed by atoms with Crippen molar-refractivity contribution in [1.82, 2.24) is 0 Å². The Balaban J connectivity index is 1.89. The molecule has 14 heteroatoms. The number of halogens is 1. The summed E-state index contributed by atoms with van der Waals surface area (Å²) in [6.07, 6.45) is -7.72.